The van der Waals surface area contributed by atoms with Gasteiger partial charge in [-0.15, -0.1) is 0 Å². The Morgan fingerprint density at radius 3 is 2.40 bits per heavy atom. The first-order valence-electron chi connectivity index (χ1n) is 10.5. The maximum absolute atomic E-state index is 12.1. The van der Waals surface area contributed by atoms with Crippen LogP contribution in [0.15, 0.2) is 0 Å². The number of hydrogen-bond donors (Lipinski definition) is 4. The van der Waals surface area contributed by atoms with E-state index in [1.54, 1.807) is 0 Å². The normalized spacial score (nSPS) is 21.9. The van der Waals surface area contributed by atoms with E-state index >= 15 is 0 Å². The third-order valence-corrected chi connectivity index (χ3v) is 5.27. The second-order valence-corrected chi connectivity index (χ2v) is 7.60. The Morgan fingerprint density at radius 1 is 1.12 bits per heavy atom. The molecule has 1 aliphatic rings. The average molecular weight is 357 g/mol. The number of hydrogen-bond acceptors (Lipinski definition) is 4. The average Bonchev–Trinajstić information content (AvgIpc) is 2.64. The van der Waals surface area contributed by atoms with Gasteiger partial charge in [0.25, 0.3) is 0 Å². The fraction of sp³-hybridized carbons (Fsp3) is 0.950. The molecule has 0 saturated carbocycles. The quantitative estimate of drug-likeness (QED) is 0.361. The van der Waals surface area contributed by atoms with Gasteiger partial charge in [-0.25, -0.2) is 0 Å². The Bertz CT molecular complexity index is 339. The van der Waals surface area contributed by atoms with E-state index in [9.17, 15) is 9.90 Å². The lowest BCUT2D eigenvalue weighted by Crippen LogP contribution is -2.50. The van der Waals surface area contributed by atoms with Crippen LogP contribution in [0.3, 0.4) is 0 Å². The molecule has 0 spiro atoms. The molecule has 0 bridgehead atoms. The minimum absolute atomic E-state index is 0.0516. The van der Waals surface area contributed by atoms with Crippen molar-refractivity contribution in [1.82, 2.24) is 10.6 Å². The molecule has 1 rings (SSSR count). The molecule has 5 heteroatoms. The smallest absolute Gasteiger partial charge is 0.237 e. The fourth-order valence-corrected chi connectivity index (χ4v) is 3.61. The Kier molecular flexibility index (Phi) is 13.0. The largest absolute Gasteiger partial charge is 0.394 e. The molecular weight excluding hydrogens is 316 g/mol. The summed E-state index contributed by atoms with van der Waals surface area (Å²) in [5, 5.41) is 24.1. The van der Waals surface area contributed by atoms with Crippen LogP contribution in [0.1, 0.15) is 84.0 Å². The van der Waals surface area contributed by atoms with Crippen LogP contribution in [-0.2, 0) is 4.79 Å². The van der Waals surface area contributed by atoms with E-state index in [4.69, 9.17) is 5.11 Å². The van der Waals surface area contributed by atoms with E-state index in [1.165, 1.54) is 64.2 Å². The minimum atomic E-state index is -0.870. The number of aliphatic hydroxyl groups is 2. The molecule has 148 valence electrons. The van der Waals surface area contributed by atoms with Crippen LogP contribution in [0, 0.1) is 5.92 Å². The lowest BCUT2D eigenvalue weighted by Gasteiger charge is -2.29. The molecule has 0 aromatic carbocycles. The van der Waals surface area contributed by atoms with Crippen LogP contribution in [0.5, 0.6) is 0 Å². The van der Waals surface area contributed by atoms with Crippen molar-refractivity contribution < 1.29 is 15.0 Å². The number of piperidine rings is 1. The van der Waals surface area contributed by atoms with Gasteiger partial charge in [0.05, 0.1) is 18.8 Å². The van der Waals surface area contributed by atoms with E-state index in [0.29, 0.717) is 5.92 Å². The molecule has 1 aliphatic heterocycles. The summed E-state index contributed by atoms with van der Waals surface area (Å²) in [7, 11) is 0. The van der Waals surface area contributed by atoms with E-state index in [0.717, 1.165) is 19.4 Å². The summed E-state index contributed by atoms with van der Waals surface area (Å²) in [6.45, 7) is 2.95. The molecule has 0 aliphatic carbocycles. The first kappa shape index (κ1) is 22.4. The zero-order valence-corrected chi connectivity index (χ0v) is 16.1. The highest BCUT2D eigenvalue weighted by Gasteiger charge is 2.26. The van der Waals surface area contributed by atoms with Crippen LogP contribution >= 0.6 is 0 Å². The number of amides is 1. The van der Waals surface area contributed by atoms with Gasteiger partial charge in [-0.2, -0.15) is 0 Å². The second-order valence-electron chi connectivity index (χ2n) is 7.60. The molecule has 0 aromatic rings. The highest BCUT2D eigenvalue weighted by Crippen LogP contribution is 2.23. The summed E-state index contributed by atoms with van der Waals surface area (Å²) in [5.41, 5.74) is 0. The predicted octanol–water partition coefficient (Wildman–Crippen LogP) is 2.74. The molecule has 0 aromatic heterocycles. The summed E-state index contributed by atoms with van der Waals surface area (Å²) in [4.78, 5) is 12.1. The molecule has 1 heterocycles. The van der Waals surface area contributed by atoms with Crippen molar-refractivity contribution in [2.45, 2.75) is 96.1 Å². The van der Waals surface area contributed by atoms with Crippen LogP contribution in [0.25, 0.3) is 0 Å². The summed E-state index contributed by atoms with van der Waals surface area (Å²) in [6, 6.07) is -0.150. The molecule has 0 radical (unpaired) electrons. The van der Waals surface area contributed by atoms with Crippen molar-refractivity contribution in [3.05, 3.63) is 0 Å². The minimum Gasteiger partial charge on any atom is -0.394 e. The van der Waals surface area contributed by atoms with Crippen molar-refractivity contribution in [2.75, 3.05) is 19.7 Å². The number of carbonyl (C=O) groups excluding carboxylic acids is 1. The van der Waals surface area contributed by atoms with Gasteiger partial charge in [0, 0.05) is 6.54 Å². The Balaban J connectivity index is 2.06. The van der Waals surface area contributed by atoms with Crippen LogP contribution < -0.4 is 10.6 Å². The molecule has 1 amide bonds. The molecule has 5 nitrogen and oxygen atoms in total. The standard InChI is InChI=1S/C20H40N2O3/c1-2-3-4-5-6-7-8-9-10-11-17-12-13-21-19(14-17)20(25)22-15-18(24)16-23/h17-19,21,23-24H,2-16H2,1H3,(H,22,25)/t17-,18+,19+/m1/s1. The van der Waals surface area contributed by atoms with E-state index in [1.807, 2.05) is 0 Å². The second kappa shape index (κ2) is 14.5. The van der Waals surface area contributed by atoms with Crippen LogP contribution in [0.4, 0.5) is 0 Å². The lowest BCUT2D eigenvalue weighted by atomic mass is 9.87. The zero-order valence-electron chi connectivity index (χ0n) is 16.1. The van der Waals surface area contributed by atoms with Crippen molar-refractivity contribution in [1.29, 1.82) is 0 Å². The summed E-state index contributed by atoms with van der Waals surface area (Å²) < 4.78 is 0. The molecule has 25 heavy (non-hydrogen) atoms. The lowest BCUT2D eigenvalue weighted by molar-refractivity contribution is -0.124. The topological polar surface area (TPSA) is 81.6 Å². The molecule has 1 fully saturated rings. The Labute approximate surface area is 154 Å². The van der Waals surface area contributed by atoms with Gasteiger partial charge in [-0.1, -0.05) is 71.1 Å². The number of aliphatic hydroxyl groups excluding tert-OH is 2. The van der Waals surface area contributed by atoms with Gasteiger partial charge >= 0.3 is 0 Å². The van der Waals surface area contributed by atoms with Crippen LogP contribution in [-0.4, -0.2) is 48.0 Å². The summed E-state index contributed by atoms with van der Waals surface area (Å²) in [5.74, 6) is 0.577. The SMILES string of the molecule is CCCCCCCCCCC[C@@H]1CCN[C@H](C(=O)NC[C@H](O)CO)C1. The summed E-state index contributed by atoms with van der Waals surface area (Å²) >= 11 is 0. The van der Waals surface area contributed by atoms with Gasteiger partial charge in [0.1, 0.15) is 0 Å². The number of unbranched alkanes of at least 4 members (excludes halogenated alkanes) is 8. The van der Waals surface area contributed by atoms with Gasteiger partial charge in [0.2, 0.25) is 5.91 Å². The van der Waals surface area contributed by atoms with Crippen molar-refractivity contribution in [3.8, 4) is 0 Å². The Hall–Kier alpha value is -0.650. The highest BCUT2D eigenvalue weighted by atomic mass is 16.3. The van der Waals surface area contributed by atoms with Crippen LogP contribution in [0.2, 0.25) is 0 Å². The maximum atomic E-state index is 12.1. The fourth-order valence-electron chi connectivity index (χ4n) is 3.61. The third kappa shape index (κ3) is 10.8. The van der Waals surface area contributed by atoms with Crippen molar-refractivity contribution in [3.63, 3.8) is 0 Å². The molecule has 4 N–H and O–H groups in total. The molecule has 1 saturated heterocycles. The molecule has 3 atom stereocenters. The van der Waals surface area contributed by atoms with Gasteiger partial charge in [-0.05, 0) is 25.3 Å². The molecule has 0 unspecified atom stereocenters. The van der Waals surface area contributed by atoms with Crippen molar-refractivity contribution >= 4 is 5.91 Å². The number of carbonyl (C=O) groups is 1. The van der Waals surface area contributed by atoms with Gasteiger partial charge < -0.3 is 20.8 Å². The highest BCUT2D eigenvalue weighted by molar-refractivity contribution is 5.81. The van der Waals surface area contributed by atoms with Gasteiger partial charge in [-0.3, -0.25) is 4.79 Å². The van der Waals surface area contributed by atoms with E-state index in [2.05, 4.69) is 17.6 Å². The van der Waals surface area contributed by atoms with Crippen molar-refractivity contribution in [2.24, 2.45) is 5.92 Å². The Morgan fingerprint density at radius 2 is 1.76 bits per heavy atom. The number of nitrogens with one attached hydrogen (secondary N) is 2. The zero-order chi connectivity index (χ0) is 18.3. The predicted molar refractivity (Wildman–Crippen MR) is 102 cm³/mol. The summed E-state index contributed by atoms with van der Waals surface area (Å²) in [6.07, 6.45) is 14.6. The number of rotatable bonds is 14. The maximum Gasteiger partial charge on any atom is 0.237 e. The van der Waals surface area contributed by atoms with Gasteiger partial charge in [0.15, 0.2) is 0 Å². The first-order valence-corrected chi connectivity index (χ1v) is 10.5. The monoisotopic (exact) mass is 356 g/mol. The van der Waals surface area contributed by atoms with E-state index < -0.39 is 6.10 Å². The third-order valence-electron chi connectivity index (χ3n) is 5.27. The van der Waals surface area contributed by atoms with E-state index in [-0.39, 0.29) is 25.1 Å². The first-order chi connectivity index (χ1) is 12.2. The molecular formula is C20H40N2O3.